The van der Waals surface area contributed by atoms with E-state index in [-0.39, 0.29) is 18.1 Å². The van der Waals surface area contributed by atoms with Gasteiger partial charge in [0, 0.05) is 12.1 Å². The Morgan fingerprint density at radius 2 is 2.40 bits per heavy atom. The fraction of sp³-hybridized carbons (Fsp3) is 0.500. The quantitative estimate of drug-likeness (QED) is 0.573. The number of aromatic nitrogens is 3. The van der Waals surface area contributed by atoms with Gasteiger partial charge in [-0.05, 0) is 13.0 Å². The standard InChI is InChI=1S/C12H16N4O4/c1-5-2-6-10(14-12(13)15-11(6)19)16(5)9-3-7(18)8(4-17)20-9/h2,7-9,17-18H,3-4H2,1H3,(H3,13,14,15,19)/t7-,8+,9+/m0/s1. The lowest BCUT2D eigenvalue weighted by Crippen LogP contribution is -2.24. The zero-order valence-corrected chi connectivity index (χ0v) is 10.9. The van der Waals surface area contributed by atoms with Crippen LogP contribution in [0.5, 0.6) is 0 Å². The number of ether oxygens (including phenoxy) is 1. The van der Waals surface area contributed by atoms with Crippen LogP contribution in [0, 0.1) is 6.92 Å². The van der Waals surface area contributed by atoms with E-state index in [2.05, 4.69) is 9.97 Å². The lowest BCUT2D eigenvalue weighted by molar-refractivity contribution is -0.0435. The molecule has 1 saturated heterocycles. The van der Waals surface area contributed by atoms with Crippen molar-refractivity contribution in [2.75, 3.05) is 12.3 Å². The average molecular weight is 280 g/mol. The summed E-state index contributed by atoms with van der Waals surface area (Å²) < 4.78 is 7.33. The normalized spacial score (nSPS) is 26.4. The molecule has 3 heterocycles. The molecule has 8 nitrogen and oxygen atoms in total. The molecule has 1 aliphatic heterocycles. The number of aliphatic hydroxyl groups is 2. The fourth-order valence-corrected chi connectivity index (χ4v) is 2.65. The van der Waals surface area contributed by atoms with Gasteiger partial charge in [-0.2, -0.15) is 4.98 Å². The summed E-state index contributed by atoms with van der Waals surface area (Å²) >= 11 is 0. The van der Waals surface area contributed by atoms with E-state index in [0.717, 1.165) is 5.69 Å². The van der Waals surface area contributed by atoms with Gasteiger partial charge in [0.1, 0.15) is 12.3 Å². The Labute approximate surface area is 113 Å². The minimum Gasteiger partial charge on any atom is -0.394 e. The molecule has 0 aliphatic carbocycles. The number of aliphatic hydroxyl groups excluding tert-OH is 2. The monoisotopic (exact) mass is 280 g/mol. The summed E-state index contributed by atoms with van der Waals surface area (Å²) in [5.74, 6) is 0.0269. The predicted octanol–water partition coefficient (Wildman–Crippen LogP) is -0.744. The molecule has 3 rings (SSSR count). The third-order valence-corrected chi connectivity index (χ3v) is 3.59. The van der Waals surface area contributed by atoms with E-state index in [1.54, 1.807) is 10.6 Å². The van der Waals surface area contributed by atoms with E-state index in [4.69, 9.17) is 15.6 Å². The van der Waals surface area contributed by atoms with Gasteiger partial charge in [-0.25, -0.2) is 0 Å². The van der Waals surface area contributed by atoms with Crippen LogP contribution >= 0.6 is 0 Å². The van der Waals surface area contributed by atoms with Gasteiger partial charge >= 0.3 is 0 Å². The van der Waals surface area contributed by atoms with Crippen LogP contribution in [-0.2, 0) is 4.74 Å². The summed E-state index contributed by atoms with van der Waals surface area (Å²) in [6.07, 6.45) is -1.53. The number of anilines is 1. The average Bonchev–Trinajstić information content (AvgIpc) is 2.89. The van der Waals surface area contributed by atoms with Crippen molar-refractivity contribution >= 4 is 17.0 Å². The molecule has 0 radical (unpaired) electrons. The van der Waals surface area contributed by atoms with E-state index < -0.39 is 18.4 Å². The van der Waals surface area contributed by atoms with Crippen LogP contribution in [0.3, 0.4) is 0 Å². The zero-order chi connectivity index (χ0) is 14.4. The van der Waals surface area contributed by atoms with Crippen molar-refractivity contribution in [3.8, 4) is 0 Å². The molecular weight excluding hydrogens is 264 g/mol. The molecule has 0 bridgehead atoms. The molecular formula is C12H16N4O4. The molecule has 0 spiro atoms. The minimum atomic E-state index is -0.749. The lowest BCUT2D eigenvalue weighted by atomic mass is 10.2. The lowest BCUT2D eigenvalue weighted by Gasteiger charge is -2.16. The third kappa shape index (κ3) is 1.89. The van der Waals surface area contributed by atoms with E-state index >= 15 is 0 Å². The van der Waals surface area contributed by atoms with Crippen molar-refractivity contribution in [1.82, 2.24) is 14.5 Å². The van der Waals surface area contributed by atoms with Crippen LogP contribution in [0.1, 0.15) is 18.3 Å². The second-order valence-corrected chi connectivity index (χ2v) is 4.96. The molecule has 0 saturated carbocycles. The first-order valence-electron chi connectivity index (χ1n) is 6.33. The van der Waals surface area contributed by atoms with Crippen LogP contribution in [0.15, 0.2) is 10.9 Å². The number of aromatic amines is 1. The maximum absolute atomic E-state index is 11.8. The molecule has 2 aromatic rings. The minimum absolute atomic E-state index is 0.0269. The molecule has 0 amide bonds. The summed E-state index contributed by atoms with van der Waals surface area (Å²) in [6.45, 7) is 1.56. The predicted molar refractivity (Wildman–Crippen MR) is 71.1 cm³/mol. The number of rotatable bonds is 2. The number of hydrogen-bond acceptors (Lipinski definition) is 6. The highest BCUT2D eigenvalue weighted by atomic mass is 16.5. The molecule has 8 heteroatoms. The Kier molecular flexibility index (Phi) is 3.00. The highest BCUT2D eigenvalue weighted by Gasteiger charge is 2.35. The summed E-state index contributed by atoms with van der Waals surface area (Å²) in [5, 5.41) is 19.4. The Bertz CT molecular complexity index is 707. The second-order valence-electron chi connectivity index (χ2n) is 4.96. The number of nitrogens with zero attached hydrogens (tertiary/aromatic N) is 2. The molecule has 1 aliphatic rings. The van der Waals surface area contributed by atoms with Gasteiger partial charge in [-0.15, -0.1) is 0 Å². The van der Waals surface area contributed by atoms with Crippen LogP contribution < -0.4 is 11.3 Å². The van der Waals surface area contributed by atoms with Crippen molar-refractivity contribution in [2.24, 2.45) is 0 Å². The van der Waals surface area contributed by atoms with E-state index in [9.17, 15) is 9.90 Å². The molecule has 5 N–H and O–H groups in total. The van der Waals surface area contributed by atoms with Gasteiger partial charge in [-0.3, -0.25) is 9.78 Å². The highest BCUT2D eigenvalue weighted by Crippen LogP contribution is 2.32. The van der Waals surface area contributed by atoms with Gasteiger partial charge < -0.3 is 25.3 Å². The molecule has 2 aromatic heterocycles. The number of H-pyrrole nitrogens is 1. The van der Waals surface area contributed by atoms with Crippen molar-refractivity contribution in [3.05, 3.63) is 22.1 Å². The topological polar surface area (TPSA) is 126 Å². The molecule has 3 atom stereocenters. The first kappa shape index (κ1) is 13.1. The Morgan fingerprint density at radius 1 is 1.65 bits per heavy atom. The molecule has 1 fully saturated rings. The summed E-state index contributed by atoms with van der Waals surface area (Å²) in [7, 11) is 0. The van der Waals surface area contributed by atoms with E-state index in [0.29, 0.717) is 17.5 Å². The first-order chi connectivity index (χ1) is 9.51. The van der Waals surface area contributed by atoms with Crippen LogP contribution in [0.2, 0.25) is 0 Å². The number of fused-ring (bicyclic) bond motifs is 1. The molecule has 0 unspecified atom stereocenters. The van der Waals surface area contributed by atoms with E-state index in [1.807, 2.05) is 6.92 Å². The van der Waals surface area contributed by atoms with Crippen LogP contribution in [0.4, 0.5) is 5.95 Å². The van der Waals surface area contributed by atoms with E-state index in [1.165, 1.54) is 0 Å². The van der Waals surface area contributed by atoms with Gasteiger partial charge in [0.25, 0.3) is 5.56 Å². The largest absolute Gasteiger partial charge is 0.394 e. The highest BCUT2D eigenvalue weighted by molar-refractivity contribution is 5.77. The van der Waals surface area contributed by atoms with Gasteiger partial charge in [0.05, 0.1) is 18.1 Å². The van der Waals surface area contributed by atoms with Crippen molar-refractivity contribution in [3.63, 3.8) is 0 Å². The van der Waals surface area contributed by atoms with Gasteiger partial charge in [-0.1, -0.05) is 0 Å². The number of hydrogen-bond donors (Lipinski definition) is 4. The zero-order valence-electron chi connectivity index (χ0n) is 10.9. The fourth-order valence-electron chi connectivity index (χ4n) is 2.65. The van der Waals surface area contributed by atoms with Crippen molar-refractivity contribution in [1.29, 1.82) is 0 Å². The number of nitrogens with two attached hydrogens (primary N) is 1. The van der Waals surface area contributed by atoms with Crippen LogP contribution in [-0.4, -0.2) is 43.6 Å². The summed E-state index contributed by atoms with van der Waals surface area (Å²) in [6, 6.07) is 1.70. The number of aryl methyl sites for hydroxylation is 1. The Morgan fingerprint density at radius 3 is 3.05 bits per heavy atom. The maximum atomic E-state index is 11.8. The third-order valence-electron chi connectivity index (χ3n) is 3.59. The first-order valence-corrected chi connectivity index (χ1v) is 6.33. The Balaban J connectivity index is 2.13. The SMILES string of the molecule is Cc1cc2c(=O)[nH]c(N)nc2n1[C@H]1C[C@H](O)[C@@H](CO)O1. The summed E-state index contributed by atoms with van der Waals surface area (Å²) in [4.78, 5) is 18.4. The van der Waals surface area contributed by atoms with Crippen molar-refractivity contribution < 1.29 is 14.9 Å². The number of nitrogens with one attached hydrogen (secondary N) is 1. The number of nitrogen functional groups attached to an aromatic ring is 1. The smallest absolute Gasteiger partial charge is 0.261 e. The van der Waals surface area contributed by atoms with Crippen LogP contribution in [0.25, 0.3) is 11.0 Å². The molecule has 108 valence electrons. The van der Waals surface area contributed by atoms with Gasteiger partial charge in [0.15, 0.2) is 5.65 Å². The summed E-state index contributed by atoms with van der Waals surface area (Å²) in [5.41, 5.74) is 6.45. The Hall–Kier alpha value is -1.90. The molecule has 20 heavy (non-hydrogen) atoms. The maximum Gasteiger partial charge on any atom is 0.261 e. The molecule has 0 aromatic carbocycles. The second kappa shape index (κ2) is 4.58. The van der Waals surface area contributed by atoms with Crippen molar-refractivity contribution in [2.45, 2.75) is 31.8 Å². The van der Waals surface area contributed by atoms with Gasteiger partial charge in [0.2, 0.25) is 5.95 Å².